The van der Waals surface area contributed by atoms with E-state index in [2.05, 4.69) is 12.2 Å². The standard InChI is InChI=1S/C19H37NO7S.Na/c1-2-3-4-5-6-7-8-9-10-12-18-25-15-17(27-18)16-26-19(21)20-13-11-14-28(22,23)24;/h17-18H,2-16H2,1H3,(H,20,21)(H,22,23,24);/q;+1/p-1. The summed E-state index contributed by atoms with van der Waals surface area (Å²) in [4.78, 5) is 11.5. The summed E-state index contributed by atoms with van der Waals surface area (Å²) in [6, 6.07) is 0. The Morgan fingerprint density at radius 2 is 1.69 bits per heavy atom. The molecule has 1 N–H and O–H groups in total. The van der Waals surface area contributed by atoms with Crippen molar-refractivity contribution in [1.29, 1.82) is 0 Å². The van der Waals surface area contributed by atoms with Gasteiger partial charge in [-0.1, -0.05) is 58.3 Å². The van der Waals surface area contributed by atoms with Gasteiger partial charge in [0.2, 0.25) is 0 Å². The fourth-order valence-electron chi connectivity index (χ4n) is 3.03. The molecule has 0 spiro atoms. The van der Waals surface area contributed by atoms with Crippen LogP contribution in [0.4, 0.5) is 4.79 Å². The second kappa shape index (κ2) is 17.7. The number of nitrogens with one attached hydrogen (secondary N) is 1. The maximum absolute atomic E-state index is 11.5. The van der Waals surface area contributed by atoms with Crippen molar-refractivity contribution in [3.8, 4) is 0 Å². The molecule has 0 bridgehead atoms. The van der Waals surface area contributed by atoms with Crippen LogP contribution < -0.4 is 34.9 Å². The van der Waals surface area contributed by atoms with E-state index in [1.54, 1.807) is 0 Å². The Morgan fingerprint density at radius 1 is 1.07 bits per heavy atom. The number of unbranched alkanes of at least 4 members (excludes halogenated alkanes) is 8. The van der Waals surface area contributed by atoms with E-state index in [0.29, 0.717) is 6.61 Å². The minimum atomic E-state index is -4.25. The van der Waals surface area contributed by atoms with E-state index in [-0.39, 0.29) is 61.5 Å². The van der Waals surface area contributed by atoms with Crippen molar-refractivity contribution < 1.29 is 61.5 Å². The average molecular weight is 446 g/mol. The minimum absolute atomic E-state index is 0. The number of rotatable bonds is 16. The number of carbonyl (C=O) groups excluding carboxylic acids is 1. The van der Waals surface area contributed by atoms with Crippen molar-refractivity contribution in [3.05, 3.63) is 0 Å². The Hall–Kier alpha value is 0.1000. The summed E-state index contributed by atoms with van der Waals surface area (Å²) in [6.07, 6.45) is 11.2. The van der Waals surface area contributed by atoms with Gasteiger partial charge in [-0.3, -0.25) is 0 Å². The SMILES string of the molecule is CCCCCCCCCCCC1OCC(COC(=O)NCCCS(=O)(=O)[O-])O1.[Na+]. The normalized spacial score (nSPS) is 19.0. The average Bonchev–Trinajstić information content (AvgIpc) is 3.09. The van der Waals surface area contributed by atoms with Gasteiger partial charge in [-0.2, -0.15) is 0 Å². The fraction of sp³-hybridized carbons (Fsp3) is 0.947. The largest absolute Gasteiger partial charge is 1.00 e. The van der Waals surface area contributed by atoms with Gasteiger partial charge >= 0.3 is 35.7 Å². The third-order valence-corrected chi connectivity index (χ3v) is 5.39. The predicted molar refractivity (Wildman–Crippen MR) is 105 cm³/mol. The molecule has 8 nitrogen and oxygen atoms in total. The first-order valence-electron chi connectivity index (χ1n) is 10.5. The number of ether oxygens (including phenoxy) is 3. The van der Waals surface area contributed by atoms with Crippen LogP contribution >= 0.6 is 0 Å². The molecule has 166 valence electrons. The molecule has 1 rings (SSSR count). The molecular weight excluding hydrogens is 409 g/mol. The second-order valence-electron chi connectivity index (χ2n) is 7.28. The van der Waals surface area contributed by atoms with E-state index in [1.165, 1.54) is 51.4 Å². The van der Waals surface area contributed by atoms with Crippen LogP contribution in [0.3, 0.4) is 0 Å². The zero-order valence-corrected chi connectivity index (χ0v) is 20.8. The topological polar surface area (TPSA) is 114 Å². The van der Waals surface area contributed by atoms with E-state index in [0.717, 1.165) is 12.8 Å². The van der Waals surface area contributed by atoms with Crippen LogP contribution in [0.1, 0.15) is 77.6 Å². The third-order valence-electron chi connectivity index (χ3n) is 4.60. The van der Waals surface area contributed by atoms with E-state index < -0.39 is 22.0 Å². The summed E-state index contributed by atoms with van der Waals surface area (Å²) >= 11 is 0. The summed E-state index contributed by atoms with van der Waals surface area (Å²) in [7, 11) is -4.25. The molecule has 0 aromatic heterocycles. The number of carbonyl (C=O) groups is 1. The number of alkyl carbamates (subject to hydrolysis) is 1. The second-order valence-corrected chi connectivity index (χ2v) is 8.80. The van der Waals surface area contributed by atoms with Gasteiger partial charge in [0.1, 0.15) is 12.7 Å². The van der Waals surface area contributed by atoms with Gasteiger partial charge < -0.3 is 24.1 Å². The molecule has 1 saturated heterocycles. The van der Waals surface area contributed by atoms with Crippen molar-refractivity contribution in [2.45, 2.75) is 89.9 Å². The molecule has 29 heavy (non-hydrogen) atoms. The van der Waals surface area contributed by atoms with Gasteiger partial charge in [-0.05, 0) is 19.3 Å². The van der Waals surface area contributed by atoms with Gasteiger partial charge in [0.15, 0.2) is 6.29 Å². The third kappa shape index (κ3) is 17.5. The van der Waals surface area contributed by atoms with Crippen molar-refractivity contribution in [2.75, 3.05) is 25.5 Å². The Labute approximate surface area is 197 Å². The molecule has 0 aliphatic carbocycles. The molecule has 0 aromatic rings. The molecule has 1 heterocycles. The summed E-state index contributed by atoms with van der Waals surface area (Å²) in [6.45, 7) is 2.78. The smallest absolute Gasteiger partial charge is 0.748 e. The summed E-state index contributed by atoms with van der Waals surface area (Å²) in [5, 5.41) is 2.40. The number of hydrogen-bond donors (Lipinski definition) is 1. The Bertz CT molecular complexity index is 519. The van der Waals surface area contributed by atoms with Crippen LogP contribution in [0.15, 0.2) is 0 Å². The van der Waals surface area contributed by atoms with Gasteiger partial charge in [0.05, 0.1) is 16.7 Å². The summed E-state index contributed by atoms with van der Waals surface area (Å²) in [5.41, 5.74) is 0. The van der Waals surface area contributed by atoms with Crippen molar-refractivity contribution >= 4 is 16.2 Å². The molecule has 1 fully saturated rings. The Kier molecular flexibility index (Phi) is 17.8. The minimum Gasteiger partial charge on any atom is -0.748 e. The van der Waals surface area contributed by atoms with Gasteiger partial charge in [0, 0.05) is 12.3 Å². The molecule has 1 aliphatic rings. The van der Waals surface area contributed by atoms with Crippen molar-refractivity contribution in [2.24, 2.45) is 0 Å². The molecule has 0 radical (unpaired) electrons. The first-order chi connectivity index (χ1) is 13.4. The zero-order chi connectivity index (χ0) is 20.7. The van der Waals surface area contributed by atoms with Gasteiger partial charge in [0.25, 0.3) is 0 Å². The maximum atomic E-state index is 11.5. The molecule has 0 aromatic carbocycles. The molecular formula is C19H36NNaO7S. The van der Waals surface area contributed by atoms with Crippen LogP contribution in [-0.4, -0.2) is 57.0 Å². The van der Waals surface area contributed by atoms with Crippen LogP contribution in [-0.2, 0) is 24.3 Å². The van der Waals surface area contributed by atoms with E-state index in [1.807, 2.05) is 0 Å². The predicted octanol–water partition coefficient (Wildman–Crippen LogP) is 0.314. The van der Waals surface area contributed by atoms with Crippen LogP contribution in [0.5, 0.6) is 0 Å². The molecule has 2 atom stereocenters. The summed E-state index contributed by atoms with van der Waals surface area (Å²) < 4.78 is 47.7. The van der Waals surface area contributed by atoms with E-state index in [4.69, 9.17) is 14.2 Å². The molecule has 0 saturated carbocycles. The van der Waals surface area contributed by atoms with Gasteiger partial charge in [-0.25, -0.2) is 13.2 Å². The van der Waals surface area contributed by atoms with Crippen molar-refractivity contribution in [3.63, 3.8) is 0 Å². The number of amides is 1. The zero-order valence-electron chi connectivity index (χ0n) is 18.0. The van der Waals surface area contributed by atoms with Crippen LogP contribution in [0.2, 0.25) is 0 Å². The quantitative estimate of drug-likeness (QED) is 0.207. The van der Waals surface area contributed by atoms with Crippen LogP contribution in [0.25, 0.3) is 0 Å². The fourth-order valence-corrected chi connectivity index (χ4v) is 3.53. The van der Waals surface area contributed by atoms with Crippen molar-refractivity contribution in [1.82, 2.24) is 5.32 Å². The van der Waals surface area contributed by atoms with E-state index >= 15 is 0 Å². The monoisotopic (exact) mass is 445 g/mol. The van der Waals surface area contributed by atoms with E-state index in [9.17, 15) is 17.8 Å². The Morgan fingerprint density at radius 3 is 2.31 bits per heavy atom. The molecule has 10 heteroatoms. The maximum Gasteiger partial charge on any atom is 1.00 e. The first kappa shape index (κ1) is 29.1. The molecule has 1 aliphatic heterocycles. The molecule has 1 amide bonds. The van der Waals surface area contributed by atoms with Crippen LogP contribution in [0, 0.1) is 0 Å². The Balaban J connectivity index is 0.00000784. The first-order valence-corrected chi connectivity index (χ1v) is 12.1. The number of hydrogen-bond acceptors (Lipinski definition) is 7. The summed E-state index contributed by atoms with van der Waals surface area (Å²) in [5.74, 6) is -0.507. The van der Waals surface area contributed by atoms with Gasteiger partial charge in [-0.15, -0.1) is 0 Å². The molecule has 2 unspecified atom stereocenters.